The number of hydrogen-bond acceptors (Lipinski definition) is 5. The van der Waals surface area contributed by atoms with E-state index < -0.39 is 11.1 Å². The van der Waals surface area contributed by atoms with Crippen LogP contribution in [0.1, 0.15) is 20.8 Å². The molecule has 0 aromatic heterocycles. The van der Waals surface area contributed by atoms with Crippen molar-refractivity contribution in [1.29, 1.82) is 0 Å². The molecular formula is C10H19N5O4. The number of nitrogens with zero attached hydrogens (tertiary/aromatic N) is 3. The summed E-state index contributed by atoms with van der Waals surface area (Å²) in [6.45, 7) is 6.50. The third-order valence-electron chi connectivity index (χ3n) is 2.63. The van der Waals surface area contributed by atoms with E-state index in [0.717, 1.165) is 0 Å². The van der Waals surface area contributed by atoms with Crippen molar-refractivity contribution in [3.63, 3.8) is 0 Å². The van der Waals surface area contributed by atoms with Crippen LogP contribution in [0.25, 0.3) is 0 Å². The van der Waals surface area contributed by atoms with Crippen molar-refractivity contribution in [2.24, 2.45) is 11.0 Å². The van der Waals surface area contributed by atoms with Crippen LogP contribution >= 0.6 is 0 Å². The number of esters is 1. The van der Waals surface area contributed by atoms with Gasteiger partial charge in [0, 0.05) is 0 Å². The van der Waals surface area contributed by atoms with Crippen molar-refractivity contribution in [2.75, 3.05) is 19.9 Å². The molecule has 0 aromatic rings. The van der Waals surface area contributed by atoms with Crippen molar-refractivity contribution in [1.82, 2.24) is 15.5 Å². The predicted octanol–water partition coefficient (Wildman–Crippen LogP) is -0.468. The van der Waals surface area contributed by atoms with Crippen LogP contribution in [-0.2, 0) is 9.53 Å². The molecule has 9 nitrogen and oxygen atoms in total. The molecule has 0 aromatic carbocycles. The van der Waals surface area contributed by atoms with Gasteiger partial charge in [0.2, 0.25) is 0 Å². The number of carbonyl (C=O) groups excluding carboxylic acids is 1. The molecule has 9 heteroatoms. The van der Waals surface area contributed by atoms with Crippen LogP contribution in [0, 0.1) is 16.0 Å². The number of nitro groups is 1. The second-order valence-electron chi connectivity index (χ2n) is 4.39. The normalized spacial score (nSPS) is 17.4. The fourth-order valence-electron chi connectivity index (χ4n) is 1.89. The maximum atomic E-state index is 11.9. The van der Waals surface area contributed by atoms with E-state index in [-0.39, 0.29) is 17.8 Å². The van der Waals surface area contributed by atoms with Gasteiger partial charge in [-0.2, -0.15) is 0 Å². The van der Waals surface area contributed by atoms with Crippen LogP contribution < -0.4 is 10.6 Å². The minimum Gasteiger partial charge on any atom is -0.465 e. The van der Waals surface area contributed by atoms with Gasteiger partial charge in [0.15, 0.2) is 5.03 Å². The predicted molar refractivity (Wildman–Crippen MR) is 67.5 cm³/mol. The van der Waals surface area contributed by atoms with Gasteiger partial charge in [0.1, 0.15) is 11.1 Å². The summed E-state index contributed by atoms with van der Waals surface area (Å²) >= 11 is 0. The maximum Gasteiger partial charge on any atom is 0.323 e. The van der Waals surface area contributed by atoms with E-state index in [0.29, 0.717) is 19.9 Å². The summed E-state index contributed by atoms with van der Waals surface area (Å²) in [6, 6.07) is -0.405. The number of rotatable bonds is 5. The van der Waals surface area contributed by atoms with Crippen molar-refractivity contribution in [2.45, 2.75) is 26.8 Å². The Hall–Kier alpha value is -1.90. The van der Waals surface area contributed by atoms with E-state index in [4.69, 9.17) is 4.74 Å². The lowest BCUT2D eigenvalue weighted by Gasteiger charge is -2.35. The molecule has 0 unspecified atom stereocenters. The number of hydrogen-bond donors (Lipinski definition) is 2. The number of ether oxygens (including phenoxy) is 1. The van der Waals surface area contributed by atoms with Crippen LogP contribution in [0.15, 0.2) is 5.10 Å². The monoisotopic (exact) mass is 273 g/mol. The quantitative estimate of drug-likeness (QED) is 0.396. The highest BCUT2D eigenvalue weighted by Gasteiger charge is 2.32. The minimum absolute atomic E-state index is 0.0663. The van der Waals surface area contributed by atoms with E-state index in [2.05, 4.69) is 15.7 Å². The summed E-state index contributed by atoms with van der Waals surface area (Å²) in [5.74, 6) is -0.139. The van der Waals surface area contributed by atoms with Gasteiger partial charge < -0.3 is 15.4 Å². The zero-order valence-electron chi connectivity index (χ0n) is 11.3. The van der Waals surface area contributed by atoms with E-state index in [1.807, 2.05) is 18.7 Å². The number of nitrogens with one attached hydrogen (secondary N) is 2. The van der Waals surface area contributed by atoms with Crippen molar-refractivity contribution in [3.05, 3.63) is 10.1 Å². The fourth-order valence-corrected chi connectivity index (χ4v) is 1.89. The van der Waals surface area contributed by atoms with E-state index in [1.165, 1.54) is 0 Å². The molecule has 2 N–H and O–H groups in total. The van der Waals surface area contributed by atoms with Gasteiger partial charge in [-0.15, -0.1) is 0 Å². The lowest BCUT2D eigenvalue weighted by Crippen LogP contribution is -2.60. The minimum atomic E-state index is -0.781. The molecule has 1 fully saturated rings. The summed E-state index contributed by atoms with van der Waals surface area (Å²) in [4.78, 5) is 23.9. The Kier molecular flexibility index (Phi) is 5.49. The van der Waals surface area contributed by atoms with Gasteiger partial charge >= 0.3 is 5.97 Å². The Labute approximate surface area is 111 Å². The Morgan fingerprint density at radius 1 is 1.53 bits per heavy atom. The molecule has 19 heavy (non-hydrogen) atoms. The summed E-state index contributed by atoms with van der Waals surface area (Å²) in [7, 11) is 0. The largest absolute Gasteiger partial charge is 0.465 e. The van der Waals surface area contributed by atoms with Gasteiger partial charge in [-0.1, -0.05) is 13.8 Å². The van der Waals surface area contributed by atoms with Crippen LogP contribution in [0.5, 0.6) is 0 Å². The second kappa shape index (κ2) is 6.88. The van der Waals surface area contributed by atoms with Crippen molar-refractivity contribution >= 4 is 11.9 Å². The topological polar surface area (TPSA) is 109 Å². The standard InChI is InChI=1S/C10H19N5O4/c1-4-19-9(16)8(7(2)3)14-5-11-10(12-6-14)13-15(17)18/h7-8H,4-6H2,1-3H3,(H2,11,12,13)/t8-/m0/s1. The highest BCUT2D eigenvalue weighted by molar-refractivity contribution is 5.80. The summed E-state index contributed by atoms with van der Waals surface area (Å²) in [5, 5.41) is 18.1. The van der Waals surface area contributed by atoms with Crippen molar-refractivity contribution in [3.8, 4) is 0 Å². The third-order valence-corrected chi connectivity index (χ3v) is 2.63. The van der Waals surface area contributed by atoms with E-state index >= 15 is 0 Å². The summed E-state index contributed by atoms with van der Waals surface area (Å²) in [6.07, 6.45) is 0. The molecule has 0 aliphatic carbocycles. The van der Waals surface area contributed by atoms with Gasteiger partial charge in [0.05, 0.1) is 19.9 Å². The first-order valence-corrected chi connectivity index (χ1v) is 6.07. The first-order valence-electron chi connectivity index (χ1n) is 6.07. The molecule has 1 saturated heterocycles. The zero-order chi connectivity index (χ0) is 14.4. The molecule has 0 bridgehead atoms. The highest BCUT2D eigenvalue weighted by atomic mass is 16.7. The molecule has 0 spiro atoms. The van der Waals surface area contributed by atoms with E-state index in [9.17, 15) is 14.9 Å². The van der Waals surface area contributed by atoms with Gasteiger partial charge in [-0.05, 0) is 12.8 Å². The molecule has 1 aliphatic heterocycles. The molecule has 1 aliphatic rings. The number of guanidine groups is 1. The molecule has 0 saturated carbocycles. The third kappa shape index (κ3) is 4.36. The van der Waals surface area contributed by atoms with Crippen molar-refractivity contribution < 1.29 is 14.6 Å². The Morgan fingerprint density at radius 2 is 2.11 bits per heavy atom. The highest BCUT2D eigenvalue weighted by Crippen LogP contribution is 2.12. The average molecular weight is 273 g/mol. The lowest BCUT2D eigenvalue weighted by atomic mass is 10.0. The van der Waals surface area contributed by atoms with Crippen LogP contribution in [0.2, 0.25) is 0 Å². The Balaban J connectivity index is 2.65. The molecular weight excluding hydrogens is 254 g/mol. The summed E-state index contributed by atoms with van der Waals surface area (Å²) in [5.41, 5.74) is 0. The zero-order valence-corrected chi connectivity index (χ0v) is 11.3. The van der Waals surface area contributed by atoms with Gasteiger partial charge in [-0.3, -0.25) is 9.69 Å². The molecule has 1 heterocycles. The average Bonchev–Trinajstić information content (AvgIpc) is 2.31. The molecule has 108 valence electrons. The van der Waals surface area contributed by atoms with Gasteiger partial charge in [0.25, 0.3) is 5.96 Å². The summed E-state index contributed by atoms with van der Waals surface area (Å²) < 4.78 is 5.04. The molecule has 1 rings (SSSR count). The first-order chi connectivity index (χ1) is 8.95. The van der Waals surface area contributed by atoms with Gasteiger partial charge in [-0.25, -0.2) is 10.1 Å². The Bertz CT molecular complexity index is 361. The fraction of sp³-hybridized carbons (Fsp3) is 0.800. The number of hydrazone groups is 1. The first kappa shape index (κ1) is 15.2. The molecule has 0 amide bonds. The second-order valence-corrected chi connectivity index (χ2v) is 4.39. The Morgan fingerprint density at radius 3 is 2.53 bits per heavy atom. The smallest absolute Gasteiger partial charge is 0.323 e. The van der Waals surface area contributed by atoms with Crippen LogP contribution in [0.4, 0.5) is 0 Å². The maximum absolute atomic E-state index is 11.9. The van der Waals surface area contributed by atoms with Crippen LogP contribution in [-0.4, -0.2) is 47.8 Å². The molecule has 1 atom stereocenters. The lowest BCUT2D eigenvalue weighted by molar-refractivity contribution is -0.485. The number of carbonyl (C=O) groups is 1. The van der Waals surface area contributed by atoms with E-state index in [1.54, 1.807) is 6.92 Å². The van der Waals surface area contributed by atoms with Crippen LogP contribution in [0.3, 0.4) is 0 Å². The molecule has 0 radical (unpaired) electrons. The SMILES string of the molecule is CCOC(=O)[C@H](C(C)C)N1CNC(=N[N+](=O)[O-])NC1.